The number of nitriles is 1. The summed E-state index contributed by atoms with van der Waals surface area (Å²) in [5.74, 6) is 0.411. The second-order valence-corrected chi connectivity index (χ2v) is 5.55. The molecule has 0 amide bonds. The van der Waals surface area contributed by atoms with Crippen LogP contribution in [0, 0.1) is 11.3 Å². The number of carbonyl (C=O) groups is 1. The molecule has 0 spiro atoms. The van der Waals surface area contributed by atoms with Crippen molar-refractivity contribution in [3.8, 4) is 23.1 Å². The van der Waals surface area contributed by atoms with E-state index in [2.05, 4.69) is 5.16 Å². The fourth-order valence-electron chi connectivity index (χ4n) is 2.25. The number of esters is 1. The van der Waals surface area contributed by atoms with Gasteiger partial charge in [0.05, 0.1) is 11.6 Å². The molecule has 0 saturated carbocycles. The molecule has 3 aromatic rings. The van der Waals surface area contributed by atoms with Gasteiger partial charge in [0, 0.05) is 11.6 Å². The maximum absolute atomic E-state index is 12.1. The van der Waals surface area contributed by atoms with E-state index in [0.717, 1.165) is 5.56 Å². The minimum Gasteiger partial charge on any atom is -0.479 e. The van der Waals surface area contributed by atoms with E-state index in [1.807, 2.05) is 36.4 Å². The average Bonchev–Trinajstić information content (AvgIpc) is 3.16. The van der Waals surface area contributed by atoms with Gasteiger partial charge in [-0.05, 0) is 31.2 Å². The second-order valence-electron chi connectivity index (χ2n) is 5.55. The number of nitrogens with zero attached hydrogens (tertiary/aromatic N) is 2. The normalized spacial score (nSPS) is 11.4. The van der Waals surface area contributed by atoms with Crippen molar-refractivity contribution < 1.29 is 18.8 Å². The third-order valence-electron chi connectivity index (χ3n) is 3.61. The summed E-state index contributed by atoms with van der Waals surface area (Å²) < 4.78 is 15.9. The highest BCUT2D eigenvalue weighted by Crippen LogP contribution is 2.19. The van der Waals surface area contributed by atoms with Crippen LogP contribution in [-0.4, -0.2) is 17.2 Å². The van der Waals surface area contributed by atoms with Crippen molar-refractivity contribution in [2.45, 2.75) is 19.6 Å². The van der Waals surface area contributed by atoms with Crippen LogP contribution in [0.25, 0.3) is 11.3 Å². The Labute approximate surface area is 150 Å². The number of hydrogen-bond donors (Lipinski definition) is 0. The molecule has 2 aromatic carbocycles. The molecule has 6 heteroatoms. The van der Waals surface area contributed by atoms with Gasteiger partial charge in [0.25, 0.3) is 0 Å². The molecule has 1 atom stereocenters. The summed E-state index contributed by atoms with van der Waals surface area (Å²) in [4.78, 5) is 12.1. The summed E-state index contributed by atoms with van der Waals surface area (Å²) in [7, 11) is 0. The van der Waals surface area contributed by atoms with Gasteiger partial charge in [0.15, 0.2) is 18.5 Å². The van der Waals surface area contributed by atoms with Crippen molar-refractivity contribution in [2.75, 3.05) is 0 Å². The molecule has 0 radical (unpaired) electrons. The standard InChI is InChI=1S/C20H16N2O4/c1-14(25-17-9-7-15(12-21)8-10-17)20(23)24-13-18-11-19(22-26-18)16-5-3-2-4-6-16/h2-11,14H,13H2,1H3/t14-/m1/s1. The third kappa shape index (κ3) is 4.28. The molecule has 26 heavy (non-hydrogen) atoms. The molecule has 1 heterocycles. The van der Waals surface area contributed by atoms with Crippen LogP contribution in [-0.2, 0) is 16.1 Å². The SMILES string of the molecule is C[C@@H](Oc1ccc(C#N)cc1)C(=O)OCc1cc(-c2ccccc2)no1. The molecule has 0 N–H and O–H groups in total. The van der Waals surface area contributed by atoms with Crippen LogP contribution in [0.15, 0.2) is 65.2 Å². The van der Waals surface area contributed by atoms with E-state index < -0.39 is 12.1 Å². The van der Waals surface area contributed by atoms with Crippen LogP contribution < -0.4 is 4.74 Å². The minimum absolute atomic E-state index is 0.0280. The molecular formula is C20H16N2O4. The summed E-state index contributed by atoms with van der Waals surface area (Å²) in [5.41, 5.74) is 2.12. The van der Waals surface area contributed by atoms with E-state index in [9.17, 15) is 4.79 Å². The van der Waals surface area contributed by atoms with Crippen molar-refractivity contribution in [3.63, 3.8) is 0 Å². The smallest absolute Gasteiger partial charge is 0.347 e. The van der Waals surface area contributed by atoms with Gasteiger partial charge in [-0.2, -0.15) is 5.26 Å². The maximum atomic E-state index is 12.1. The lowest BCUT2D eigenvalue weighted by Gasteiger charge is -2.13. The Morgan fingerprint density at radius 2 is 1.92 bits per heavy atom. The first kappa shape index (κ1) is 17.2. The summed E-state index contributed by atoms with van der Waals surface area (Å²) in [6.45, 7) is 1.57. The number of rotatable bonds is 6. The zero-order valence-electron chi connectivity index (χ0n) is 14.1. The van der Waals surface area contributed by atoms with Gasteiger partial charge in [-0.1, -0.05) is 35.5 Å². The number of hydrogen-bond acceptors (Lipinski definition) is 6. The number of ether oxygens (including phenoxy) is 2. The van der Waals surface area contributed by atoms with Crippen LogP contribution in [0.4, 0.5) is 0 Å². The Balaban J connectivity index is 1.53. The molecule has 0 aliphatic carbocycles. The Morgan fingerprint density at radius 1 is 1.19 bits per heavy atom. The van der Waals surface area contributed by atoms with Gasteiger partial charge in [0.2, 0.25) is 0 Å². The summed E-state index contributed by atoms with van der Waals surface area (Å²) in [6.07, 6.45) is -0.792. The average molecular weight is 348 g/mol. The molecule has 0 fully saturated rings. The maximum Gasteiger partial charge on any atom is 0.347 e. The Hall–Kier alpha value is -3.59. The zero-order valence-corrected chi connectivity index (χ0v) is 14.1. The van der Waals surface area contributed by atoms with Crippen LogP contribution in [0.1, 0.15) is 18.2 Å². The van der Waals surface area contributed by atoms with Crippen molar-refractivity contribution in [1.29, 1.82) is 5.26 Å². The van der Waals surface area contributed by atoms with E-state index >= 15 is 0 Å². The Bertz CT molecular complexity index is 911. The number of carbonyl (C=O) groups excluding carboxylic acids is 1. The van der Waals surface area contributed by atoms with Crippen molar-refractivity contribution in [1.82, 2.24) is 5.16 Å². The molecule has 3 rings (SSSR count). The van der Waals surface area contributed by atoms with E-state index in [0.29, 0.717) is 22.8 Å². The van der Waals surface area contributed by atoms with Gasteiger partial charge in [-0.25, -0.2) is 4.79 Å². The largest absolute Gasteiger partial charge is 0.479 e. The van der Waals surface area contributed by atoms with Crippen LogP contribution in [0.3, 0.4) is 0 Å². The van der Waals surface area contributed by atoms with Crippen LogP contribution in [0.5, 0.6) is 5.75 Å². The highest BCUT2D eigenvalue weighted by molar-refractivity contribution is 5.74. The quantitative estimate of drug-likeness (QED) is 0.631. The van der Waals surface area contributed by atoms with E-state index in [1.54, 1.807) is 37.3 Å². The van der Waals surface area contributed by atoms with E-state index in [4.69, 9.17) is 19.3 Å². The molecule has 130 valence electrons. The van der Waals surface area contributed by atoms with Gasteiger partial charge in [-0.3, -0.25) is 0 Å². The summed E-state index contributed by atoms with van der Waals surface area (Å²) in [5, 5.41) is 12.7. The molecular weight excluding hydrogens is 332 g/mol. The van der Waals surface area contributed by atoms with E-state index in [-0.39, 0.29) is 6.61 Å². The predicted molar refractivity (Wildman–Crippen MR) is 93.0 cm³/mol. The molecule has 1 aromatic heterocycles. The zero-order chi connectivity index (χ0) is 18.4. The van der Waals surface area contributed by atoms with Gasteiger partial charge in [-0.15, -0.1) is 0 Å². The first-order valence-corrected chi connectivity index (χ1v) is 8.00. The third-order valence-corrected chi connectivity index (χ3v) is 3.61. The molecule has 0 unspecified atom stereocenters. The Kier molecular flexibility index (Phi) is 5.30. The highest BCUT2D eigenvalue weighted by Gasteiger charge is 2.17. The van der Waals surface area contributed by atoms with Gasteiger partial charge in [0.1, 0.15) is 11.4 Å². The minimum atomic E-state index is -0.792. The molecule has 0 saturated heterocycles. The van der Waals surface area contributed by atoms with Crippen molar-refractivity contribution in [2.24, 2.45) is 0 Å². The number of aromatic nitrogens is 1. The topological polar surface area (TPSA) is 85.3 Å². The lowest BCUT2D eigenvalue weighted by Crippen LogP contribution is -2.25. The van der Waals surface area contributed by atoms with Crippen molar-refractivity contribution in [3.05, 3.63) is 72.0 Å². The van der Waals surface area contributed by atoms with E-state index in [1.165, 1.54) is 0 Å². The predicted octanol–water partition coefficient (Wildman–Crippen LogP) is 3.72. The van der Waals surface area contributed by atoms with Gasteiger partial charge >= 0.3 is 5.97 Å². The first-order valence-electron chi connectivity index (χ1n) is 8.00. The molecule has 0 aliphatic heterocycles. The monoisotopic (exact) mass is 348 g/mol. The number of benzene rings is 2. The summed E-state index contributed by atoms with van der Waals surface area (Å²) >= 11 is 0. The fraction of sp³-hybridized carbons (Fsp3) is 0.150. The van der Waals surface area contributed by atoms with Crippen LogP contribution in [0.2, 0.25) is 0 Å². The second kappa shape index (κ2) is 7.99. The highest BCUT2D eigenvalue weighted by atomic mass is 16.6. The fourth-order valence-corrected chi connectivity index (χ4v) is 2.25. The van der Waals surface area contributed by atoms with Crippen molar-refractivity contribution >= 4 is 5.97 Å². The lowest BCUT2D eigenvalue weighted by atomic mass is 10.1. The first-order chi connectivity index (χ1) is 12.7. The lowest BCUT2D eigenvalue weighted by molar-refractivity contribution is -0.153. The molecule has 6 nitrogen and oxygen atoms in total. The molecule has 0 bridgehead atoms. The molecule has 0 aliphatic rings. The Morgan fingerprint density at radius 3 is 2.62 bits per heavy atom. The summed E-state index contributed by atoms with van der Waals surface area (Å²) in [6, 6.07) is 19.8. The van der Waals surface area contributed by atoms with Gasteiger partial charge < -0.3 is 14.0 Å². The van der Waals surface area contributed by atoms with Crippen LogP contribution >= 0.6 is 0 Å².